The fourth-order valence-electron chi connectivity index (χ4n) is 4.55. The van der Waals surface area contributed by atoms with Gasteiger partial charge in [-0.3, -0.25) is 19.3 Å². The average Bonchev–Trinajstić information content (AvgIpc) is 2.91. The van der Waals surface area contributed by atoms with Crippen LogP contribution in [0.25, 0.3) is 11.1 Å². The number of carbonyl (C=O) groups excluding carboxylic acids is 3. The molecule has 1 fully saturated rings. The highest BCUT2D eigenvalue weighted by Crippen LogP contribution is 2.27. The van der Waals surface area contributed by atoms with Crippen molar-refractivity contribution < 1.29 is 14.4 Å². The number of hydrogen-bond acceptors (Lipinski definition) is 5. The van der Waals surface area contributed by atoms with Crippen LogP contribution in [0.3, 0.4) is 0 Å². The van der Waals surface area contributed by atoms with Crippen LogP contribution >= 0.6 is 0 Å². The Morgan fingerprint density at radius 2 is 1.47 bits per heavy atom. The molecule has 0 unspecified atom stereocenters. The highest BCUT2D eigenvalue weighted by Gasteiger charge is 2.18. The number of rotatable bonds is 8. The molecule has 0 saturated carbocycles. The number of anilines is 2. The molecule has 8 nitrogen and oxygen atoms in total. The monoisotopic (exact) mass is 513 g/mol. The van der Waals surface area contributed by atoms with E-state index in [4.69, 9.17) is 0 Å². The molecule has 8 heteroatoms. The molecule has 4 rings (SSSR count). The van der Waals surface area contributed by atoms with Gasteiger partial charge in [0.15, 0.2) is 0 Å². The van der Waals surface area contributed by atoms with Gasteiger partial charge in [-0.2, -0.15) is 0 Å². The fourth-order valence-corrected chi connectivity index (χ4v) is 4.55. The lowest BCUT2D eigenvalue weighted by molar-refractivity contribution is -0.130. The minimum atomic E-state index is -0.172. The molecule has 1 aliphatic heterocycles. The number of piperazine rings is 1. The average molecular weight is 514 g/mol. The van der Waals surface area contributed by atoms with Gasteiger partial charge in [-0.1, -0.05) is 30.3 Å². The summed E-state index contributed by atoms with van der Waals surface area (Å²) in [5.41, 5.74) is 6.25. The van der Waals surface area contributed by atoms with Gasteiger partial charge in [0.1, 0.15) is 0 Å². The van der Waals surface area contributed by atoms with E-state index >= 15 is 0 Å². The van der Waals surface area contributed by atoms with Crippen molar-refractivity contribution in [1.82, 2.24) is 15.1 Å². The third kappa shape index (κ3) is 7.06. The maximum atomic E-state index is 12.8. The topological polar surface area (TPSA) is 93.8 Å². The number of carbonyl (C=O) groups is 3. The molecule has 3 aromatic rings. The van der Waals surface area contributed by atoms with Gasteiger partial charge in [0.05, 0.1) is 6.54 Å². The van der Waals surface area contributed by atoms with Crippen molar-refractivity contribution in [2.75, 3.05) is 50.4 Å². The first-order valence-corrected chi connectivity index (χ1v) is 12.9. The van der Waals surface area contributed by atoms with E-state index in [1.807, 2.05) is 78.6 Å². The van der Waals surface area contributed by atoms with Gasteiger partial charge in [-0.15, -0.1) is 0 Å². The van der Waals surface area contributed by atoms with Crippen molar-refractivity contribution >= 4 is 29.1 Å². The molecule has 38 heavy (non-hydrogen) atoms. The second-order valence-corrected chi connectivity index (χ2v) is 9.62. The molecule has 0 atom stereocenters. The predicted octanol–water partition coefficient (Wildman–Crippen LogP) is 3.74. The smallest absolute Gasteiger partial charge is 0.255 e. The number of benzene rings is 3. The highest BCUT2D eigenvalue weighted by molar-refractivity contribution is 6.04. The normalized spacial score (nSPS) is 13.7. The van der Waals surface area contributed by atoms with Crippen molar-refractivity contribution in [2.45, 2.75) is 20.4 Å². The zero-order valence-electron chi connectivity index (χ0n) is 22.2. The van der Waals surface area contributed by atoms with Gasteiger partial charge in [0, 0.05) is 56.6 Å². The predicted molar refractivity (Wildman–Crippen MR) is 151 cm³/mol. The molecule has 1 heterocycles. The standard InChI is InChI=1S/C30H35N5O3/c1-21-4-11-27(32-29(37)19-31-3)18-28(21)24-7-9-25(10-8-24)30(38)33-26-12-5-23(6-13-26)20-34-14-16-35(17-15-34)22(2)36/h4-13,18,31H,14-17,19-20H2,1-3H3,(H,32,37)(H,33,38). The summed E-state index contributed by atoms with van der Waals surface area (Å²) in [6.07, 6.45) is 0. The zero-order valence-corrected chi connectivity index (χ0v) is 22.2. The Kier molecular flexibility index (Phi) is 8.89. The van der Waals surface area contributed by atoms with Gasteiger partial charge in [0.25, 0.3) is 5.91 Å². The van der Waals surface area contributed by atoms with Crippen molar-refractivity contribution in [1.29, 1.82) is 0 Å². The zero-order chi connectivity index (χ0) is 27.1. The van der Waals surface area contributed by atoms with Crippen LogP contribution in [0.4, 0.5) is 11.4 Å². The second kappa shape index (κ2) is 12.5. The molecule has 0 spiro atoms. The number of nitrogens with one attached hydrogen (secondary N) is 3. The summed E-state index contributed by atoms with van der Waals surface area (Å²) in [7, 11) is 1.73. The van der Waals surface area contributed by atoms with Crippen LogP contribution < -0.4 is 16.0 Å². The van der Waals surface area contributed by atoms with Crippen LogP contribution in [0.15, 0.2) is 66.7 Å². The molecule has 1 saturated heterocycles. The summed E-state index contributed by atoms with van der Waals surface area (Å²) in [6, 6.07) is 21.2. The van der Waals surface area contributed by atoms with Crippen LogP contribution in [0.1, 0.15) is 28.4 Å². The number of amides is 3. The van der Waals surface area contributed by atoms with E-state index in [1.165, 1.54) is 5.56 Å². The molecular formula is C30H35N5O3. The van der Waals surface area contributed by atoms with Crippen molar-refractivity contribution in [3.8, 4) is 11.1 Å². The molecule has 0 aliphatic carbocycles. The molecule has 3 N–H and O–H groups in total. The van der Waals surface area contributed by atoms with Crippen molar-refractivity contribution in [3.63, 3.8) is 0 Å². The Morgan fingerprint density at radius 3 is 2.11 bits per heavy atom. The van der Waals surface area contributed by atoms with E-state index in [1.54, 1.807) is 14.0 Å². The minimum Gasteiger partial charge on any atom is -0.340 e. The number of likely N-dealkylation sites (N-methyl/N-ethyl adjacent to an activating group) is 1. The molecule has 198 valence electrons. The van der Waals surface area contributed by atoms with Gasteiger partial charge in [-0.25, -0.2) is 0 Å². The minimum absolute atomic E-state index is 0.102. The fraction of sp³-hybridized carbons (Fsp3) is 0.300. The molecule has 0 bridgehead atoms. The first-order chi connectivity index (χ1) is 18.3. The Morgan fingerprint density at radius 1 is 0.816 bits per heavy atom. The van der Waals surface area contributed by atoms with Crippen molar-refractivity contribution in [3.05, 3.63) is 83.4 Å². The third-order valence-corrected chi connectivity index (χ3v) is 6.75. The van der Waals surface area contributed by atoms with Crippen LogP contribution in [-0.4, -0.2) is 67.3 Å². The molecular weight excluding hydrogens is 478 g/mol. The Labute approximate surface area is 224 Å². The summed E-state index contributed by atoms with van der Waals surface area (Å²) in [5, 5.41) is 8.70. The van der Waals surface area contributed by atoms with Gasteiger partial charge in [0.2, 0.25) is 11.8 Å². The summed E-state index contributed by atoms with van der Waals surface area (Å²) in [6.45, 7) is 7.96. The lowest BCUT2D eigenvalue weighted by atomic mass is 9.98. The van der Waals surface area contributed by atoms with E-state index in [2.05, 4.69) is 20.9 Å². The molecule has 1 aliphatic rings. The highest BCUT2D eigenvalue weighted by atomic mass is 16.2. The van der Waals surface area contributed by atoms with Gasteiger partial charge >= 0.3 is 0 Å². The van der Waals surface area contributed by atoms with Crippen molar-refractivity contribution in [2.24, 2.45) is 0 Å². The van der Waals surface area contributed by atoms with Gasteiger partial charge < -0.3 is 20.9 Å². The second-order valence-electron chi connectivity index (χ2n) is 9.62. The van der Waals surface area contributed by atoms with Crippen LogP contribution in [0, 0.1) is 6.92 Å². The largest absolute Gasteiger partial charge is 0.340 e. The van der Waals surface area contributed by atoms with E-state index in [9.17, 15) is 14.4 Å². The summed E-state index contributed by atoms with van der Waals surface area (Å²) in [5.74, 6) is -0.140. The van der Waals surface area contributed by atoms with Crippen LogP contribution in [-0.2, 0) is 16.1 Å². The lowest BCUT2D eigenvalue weighted by Crippen LogP contribution is -2.47. The third-order valence-electron chi connectivity index (χ3n) is 6.75. The molecule has 3 amide bonds. The van der Waals surface area contributed by atoms with Crippen LogP contribution in [0.2, 0.25) is 0 Å². The molecule has 0 radical (unpaired) electrons. The van der Waals surface area contributed by atoms with E-state index in [-0.39, 0.29) is 24.3 Å². The van der Waals surface area contributed by atoms with Gasteiger partial charge in [-0.05, 0) is 72.6 Å². The first-order valence-electron chi connectivity index (χ1n) is 12.9. The number of hydrogen-bond donors (Lipinski definition) is 3. The van der Waals surface area contributed by atoms with E-state index < -0.39 is 0 Å². The van der Waals surface area contributed by atoms with Crippen LogP contribution in [0.5, 0.6) is 0 Å². The number of nitrogens with zero attached hydrogens (tertiary/aromatic N) is 2. The van der Waals surface area contributed by atoms with E-state index in [0.717, 1.165) is 60.8 Å². The molecule has 3 aromatic carbocycles. The van der Waals surface area contributed by atoms with E-state index in [0.29, 0.717) is 5.56 Å². The lowest BCUT2D eigenvalue weighted by Gasteiger charge is -2.34. The molecule has 0 aromatic heterocycles. The Balaban J connectivity index is 1.34. The first kappa shape index (κ1) is 27.0. The summed E-state index contributed by atoms with van der Waals surface area (Å²) in [4.78, 5) is 40.5. The maximum absolute atomic E-state index is 12.8. The number of aryl methyl sites for hydroxylation is 1. The SMILES string of the molecule is CNCC(=O)Nc1ccc(C)c(-c2ccc(C(=O)Nc3ccc(CN4CCN(C(C)=O)CC4)cc3)cc2)c1. The Hall–Kier alpha value is -4.01. The summed E-state index contributed by atoms with van der Waals surface area (Å²) < 4.78 is 0. The Bertz CT molecular complexity index is 1280. The summed E-state index contributed by atoms with van der Waals surface area (Å²) >= 11 is 0. The quantitative estimate of drug-likeness (QED) is 0.427. The maximum Gasteiger partial charge on any atom is 0.255 e.